The third kappa shape index (κ3) is 1.64. The molecule has 2 aromatic rings. The molecule has 6 heteroatoms. The lowest BCUT2D eigenvalue weighted by molar-refractivity contribution is -0.113. The standard InChI is InChI=1S/C13H11N3O2S/c1-2-16-8-6-4-3-5-7(8)9(12(16)18)10-11(17)15-13(19)14-10/h3-6,18H,2H2,1H3,(H,15,17,19). The predicted octanol–water partition coefficient (Wildman–Crippen LogP) is 1.57. The molecule has 0 saturated heterocycles. The molecule has 0 aliphatic carbocycles. The first-order chi connectivity index (χ1) is 9.13. The topological polar surface area (TPSA) is 66.6 Å². The Labute approximate surface area is 114 Å². The first-order valence-corrected chi connectivity index (χ1v) is 6.29. The van der Waals surface area contributed by atoms with Gasteiger partial charge in [0.1, 0.15) is 5.71 Å². The van der Waals surface area contributed by atoms with E-state index in [2.05, 4.69) is 10.3 Å². The van der Waals surface area contributed by atoms with Gasteiger partial charge >= 0.3 is 0 Å². The number of aliphatic imine (C=N–C) groups is 1. The fourth-order valence-electron chi connectivity index (χ4n) is 2.35. The number of aromatic nitrogens is 1. The molecule has 19 heavy (non-hydrogen) atoms. The Morgan fingerprint density at radius 2 is 2.16 bits per heavy atom. The highest BCUT2D eigenvalue weighted by Crippen LogP contribution is 2.32. The average molecular weight is 273 g/mol. The van der Waals surface area contributed by atoms with Gasteiger partial charge in [-0.25, -0.2) is 4.99 Å². The number of nitrogens with zero attached hydrogens (tertiary/aromatic N) is 2. The molecule has 1 amide bonds. The lowest BCUT2D eigenvalue weighted by Gasteiger charge is -2.02. The van der Waals surface area contributed by atoms with Crippen LogP contribution < -0.4 is 5.32 Å². The zero-order valence-electron chi connectivity index (χ0n) is 10.2. The van der Waals surface area contributed by atoms with E-state index in [4.69, 9.17) is 12.2 Å². The number of benzene rings is 1. The zero-order valence-corrected chi connectivity index (χ0v) is 11.0. The third-order valence-corrected chi connectivity index (χ3v) is 3.34. The summed E-state index contributed by atoms with van der Waals surface area (Å²) in [5.74, 6) is -0.332. The number of para-hydroxylation sites is 1. The maximum atomic E-state index is 11.8. The van der Waals surface area contributed by atoms with Gasteiger partial charge in [-0.2, -0.15) is 0 Å². The van der Waals surface area contributed by atoms with Crippen molar-refractivity contribution in [3.8, 4) is 5.88 Å². The van der Waals surface area contributed by atoms with Crippen molar-refractivity contribution < 1.29 is 9.90 Å². The highest BCUT2D eigenvalue weighted by Gasteiger charge is 2.29. The van der Waals surface area contributed by atoms with E-state index in [9.17, 15) is 9.90 Å². The van der Waals surface area contributed by atoms with Crippen molar-refractivity contribution in [2.75, 3.05) is 0 Å². The van der Waals surface area contributed by atoms with E-state index in [1.807, 2.05) is 31.2 Å². The van der Waals surface area contributed by atoms with Gasteiger partial charge in [-0.15, -0.1) is 0 Å². The van der Waals surface area contributed by atoms with Crippen LogP contribution in [0.4, 0.5) is 0 Å². The normalized spacial score (nSPS) is 14.9. The Bertz CT molecular complexity index is 746. The van der Waals surface area contributed by atoms with E-state index in [-0.39, 0.29) is 22.6 Å². The van der Waals surface area contributed by atoms with Crippen LogP contribution in [-0.2, 0) is 11.3 Å². The van der Waals surface area contributed by atoms with Crippen LogP contribution in [0.2, 0.25) is 0 Å². The molecule has 1 aromatic heterocycles. The summed E-state index contributed by atoms with van der Waals surface area (Å²) >= 11 is 4.87. The molecule has 1 aliphatic rings. The molecule has 5 nitrogen and oxygen atoms in total. The van der Waals surface area contributed by atoms with Crippen molar-refractivity contribution in [3.63, 3.8) is 0 Å². The number of nitrogens with one attached hydrogen (secondary N) is 1. The second kappa shape index (κ2) is 4.17. The van der Waals surface area contributed by atoms with Crippen LogP contribution in [-0.4, -0.2) is 26.4 Å². The number of carbonyl (C=O) groups excluding carboxylic acids is 1. The second-order valence-electron chi connectivity index (χ2n) is 4.18. The predicted molar refractivity (Wildman–Crippen MR) is 76.6 cm³/mol. The molecular formula is C13H11N3O2S. The van der Waals surface area contributed by atoms with Crippen LogP contribution in [0.3, 0.4) is 0 Å². The molecule has 0 radical (unpaired) electrons. The number of rotatable bonds is 2. The first-order valence-electron chi connectivity index (χ1n) is 5.88. The molecule has 3 rings (SSSR count). The zero-order chi connectivity index (χ0) is 13.6. The highest BCUT2D eigenvalue weighted by molar-refractivity contribution is 7.80. The van der Waals surface area contributed by atoms with Gasteiger partial charge < -0.3 is 9.67 Å². The van der Waals surface area contributed by atoms with E-state index in [1.54, 1.807) is 4.57 Å². The number of carbonyl (C=O) groups is 1. The van der Waals surface area contributed by atoms with Crippen LogP contribution in [0.1, 0.15) is 12.5 Å². The number of thiocarbonyl (C=S) groups is 1. The molecule has 0 unspecified atom stereocenters. The SMILES string of the molecule is CCn1c(O)c(C2=NC(=S)NC2=O)c2ccccc21. The van der Waals surface area contributed by atoms with Gasteiger partial charge in [-0.05, 0) is 25.2 Å². The third-order valence-electron chi connectivity index (χ3n) is 3.15. The molecule has 2 heterocycles. The van der Waals surface area contributed by atoms with Crippen molar-refractivity contribution in [3.05, 3.63) is 29.8 Å². The van der Waals surface area contributed by atoms with Crippen molar-refractivity contribution >= 4 is 39.9 Å². The fraction of sp³-hybridized carbons (Fsp3) is 0.154. The van der Waals surface area contributed by atoms with Crippen LogP contribution >= 0.6 is 12.2 Å². The average Bonchev–Trinajstić information content (AvgIpc) is 2.85. The Hall–Kier alpha value is -2.21. The van der Waals surface area contributed by atoms with E-state index in [0.29, 0.717) is 12.1 Å². The molecule has 0 spiro atoms. The van der Waals surface area contributed by atoms with E-state index in [0.717, 1.165) is 10.9 Å². The second-order valence-corrected chi connectivity index (χ2v) is 4.57. The molecule has 1 aromatic carbocycles. The largest absolute Gasteiger partial charge is 0.494 e. The maximum absolute atomic E-state index is 11.8. The first kappa shape index (κ1) is 11.9. The molecule has 96 valence electrons. The number of amides is 1. The van der Waals surface area contributed by atoms with Crippen molar-refractivity contribution in [1.82, 2.24) is 9.88 Å². The highest BCUT2D eigenvalue weighted by atomic mass is 32.1. The number of aryl methyl sites for hydroxylation is 1. The van der Waals surface area contributed by atoms with Crippen molar-refractivity contribution in [1.29, 1.82) is 0 Å². The smallest absolute Gasteiger partial charge is 0.277 e. The molecule has 0 bridgehead atoms. The van der Waals surface area contributed by atoms with E-state index < -0.39 is 0 Å². The minimum Gasteiger partial charge on any atom is -0.494 e. The lowest BCUT2D eigenvalue weighted by atomic mass is 10.1. The van der Waals surface area contributed by atoms with Crippen LogP contribution in [0, 0.1) is 0 Å². The lowest BCUT2D eigenvalue weighted by Crippen LogP contribution is -2.25. The number of hydrogen-bond donors (Lipinski definition) is 2. The Kier molecular flexibility index (Phi) is 2.60. The van der Waals surface area contributed by atoms with Gasteiger partial charge in [0, 0.05) is 11.9 Å². The van der Waals surface area contributed by atoms with Gasteiger partial charge in [-0.1, -0.05) is 18.2 Å². The summed E-state index contributed by atoms with van der Waals surface area (Å²) in [5, 5.41) is 13.7. The Morgan fingerprint density at radius 1 is 1.42 bits per heavy atom. The van der Waals surface area contributed by atoms with Crippen LogP contribution in [0.5, 0.6) is 5.88 Å². The van der Waals surface area contributed by atoms with Crippen LogP contribution in [0.25, 0.3) is 10.9 Å². The van der Waals surface area contributed by atoms with Gasteiger partial charge in [0.2, 0.25) is 11.0 Å². The number of hydrogen-bond acceptors (Lipinski definition) is 3. The summed E-state index contributed by atoms with van der Waals surface area (Å²) in [5.41, 5.74) is 1.48. The summed E-state index contributed by atoms with van der Waals surface area (Å²) in [7, 11) is 0. The quantitative estimate of drug-likeness (QED) is 0.816. The summed E-state index contributed by atoms with van der Waals surface area (Å²) in [6.45, 7) is 2.53. The van der Waals surface area contributed by atoms with E-state index >= 15 is 0 Å². The summed E-state index contributed by atoms with van der Waals surface area (Å²) in [6.07, 6.45) is 0. The molecule has 1 aliphatic heterocycles. The minimum atomic E-state index is -0.376. The summed E-state index contributed by atoms with van der Waals surface area (Å²) < 4.78 is 1.74. The van der Waals surface area contributed by atoms with Crippen molar-refractivity contribution in [2.45, 2.75) is 13.5 Å². The number of fused-ring (bicyclic) bond motifs is 1. The van der Waals surface area contributed by atoms with Gasteiger partial charge in [0.25, 0.3) is 5.91 Å². The summed E-state index contributed by atoms with van der Waals surface area (Å²) in [6, 6.07) is 7.50. The molecule has 0 atom stereocenters. The fourth-order valence-corrected chi connectivity index (χ4v) is 2.53. The number of aromatic hydroxyl groups is 1. The maximum Gasteiger partial charge on any atom is 0.277 e. The Balaban J connectivity index is 2.36. The molecule has 2 N–H and O–H groups in total. The molecule has 0 saturated carbocycles. The van der Waals surface area contributed by atoms with Gasteiger partial charge in [0.15, 0.2) is 0 Å². The molecular weight excluding hydrogens is 262 g/mol. The monoisotopic (exact) mass is 273 g/mol. The van der Waals surface area contributed by atoms with Gasteiger partial charge in [0.05, 0.1) is 11.1 Å². The van der Waals surface area contributed by atoms with Gasteiger partial charge in [-0.3, -0.25) is 10.1 Å². The van der Waals surface area contributed by atoms with Crippen LogP contribution in [0.15, 0.2) is 29.3 Å². The summed E-state index contributed by atoms with van der Waals surface area (Å²) in [4.78, 5) is 15.8. The Morgan fingerprint density at radius 3 is 2.79 bits per heavy atom. The minimum absolute atomic E-state index is 0.0438. The molecule has 0 fully saturated rings. The van der Waals surface area contributed by atoms with E-state index in [1.165, 1.54) is 0 Å². The van der Waals surface area contributed by atoms with Crippen molar-refractivity contribution in [2.24, 2.45) is 4.99 Å².